The lowest BCUT2D eigenvalue weighted by atomic mass is 10.1. The van der Waals surface area contributed by atoms with Crippen LogP contribution >= 0.6 is 0 Å². The fourth-order valence-corrected chi connectivity index (χ4v) is 1.72. The lowest BCUT2D eigenvalue weighted by Gasteiger charge is -2.02. The summed E-state index contributed by atoms with van der Waals surface area (Å²) in [4.78, 5) is 7.73. The summed E-state index contributed by atoms with van der Waals surface area (Å²) in [6.07, 6.45) is 2.22. The Labute approximate surface area is 64.3 Å². The number of hydrogen-bond donors (Lipinski definition) is 1. The van der Waals surface area contributed by atoms with Crippen LogP contribution in [0.15, 0.2) is 18.2 Å². The second-order valence-electron chi connectivity index (χ2n) is 3.00. The van der Waals surface area contributed by atoms with Crippen molar-refractivity contribution >= 4 is 11.0 Å². The highest BCUT2D eigenvalue weighted by atomic mass is 14.9. The van der Waals surface area contributed by atoms with Crippen LogP contribution < -0.4 is 0 Å². The van der Waals surface area contributed by atoms with Crippen molar-refractivity contribution in [2.45, 2.75) is 12.8 Å². The zero-order valence-electron chi connectivity index (χ0n) is 6.09. The molecule has 2 aromatic rings. The predicted molar refractivity (Wildman–Crippen MR) is 43.5 cm³/mol. The van der Waals surface area contributed by atoms with Gasteiger partial charge in [-0.2, -0.15) is 0 Å². The number of hydrogen-bond acceptors (Lipinski definition) is 1. The molecule has 1 aromatic heterocycles. The molecule has 1 aliphatic heterocycles. The predicted octanol–water partition coefficient (Wildman–Crippen LogP) is 1.66. The molecule has 11 heavy (non-hydrogen) atoms. The Bertz CT molecular complexity index is 414. The average Bonchev–Trinajstić information content (AvgIpc) is 2.42. The third kappa shape index (κ3) is 0.589. The molecule has 1 N–H and O–H groups in total. The molecule has 3 rings (SSSR count). The Hall–Kier alpha value is -1.31. The molecule has 0 aliphatic carbocycles. The minimum atomic E-state index is 1.07. The molecule has 1 aliphatic rings. The Morgan fingerprint density at radius 1 is 1.27 bits per heavy atom. The SMILES string of the molecule is c1cc2c3nc([nH]c3c1)CC2. The summed E-state index contributed by atoms with van der Waals surface area (Å²) < 4.78 is 0. The summed E-state index contributed by atoms with van der Waals surface area (Å²) in [7, 11) is 0. The highest BCUT2D eigenvalue weighted by Crippen LogP contribution is 2.22. The molecule has 0 spiro atoms. The lowest BCUT2D eigenvalue weighted by Crippen LogP contribution is -1.97. The van der Waals surface area contributed by atoms with E-state index in [1.807, 2.05) is 0 Å². The molecule has 0 saturated heterocycles. The van der Waals surface area contributed by atoms with Gasteiger partial charge in [-0.1, -0.05) is 12.1 Å². The molecule has 0 amide bonds. The van der Waals surface area contributed by atoms with E-state index in [0.717, 1.165) is 18.7 Å². The van der Waals surface area contributed by atoms with Crippen molar-refractivity contribution in [3.05, 3.63) is 29.6 Å². The molecule has 0 saturated carbocycles. The summed E-state index contributed by atoms with van der Waals surface area (Å²) in [5.41, 5.74) is 3.75. The number of H-pyrrole nitrogens is 1. The van der Waals surface area contributed by atoms with Crippen molar-refractivity contribution < 1.29 is 0 Å². The van der Waals surface area contributed by atoms with Crippen LogP contribution in [0.5, 0.6) is 0 Å². The summed E-state index contributed by atoms with van der Waals surface area (Å²) in [5, 5.41) is 0. The van der Waals surface area contributed by atoms with Gasteiger partial charge in [0.1, 0.15) is 5.82 Å². The molecule has 0 unspecified atom stereocenters. The maximum atomic E-state index is 4.44. The van der Waals surface area contributed by atoms with Crippen molar-refractivity contribution in [3.8, 4) is 0 Å². The van der Waals surface area contributed by atoms with Crippen molar-refractivity contribution in [1.29, 1.82) is 0 Å². The van der Waals surface area contributed by atoms with Gasteiger partial charge in [-0.15, -0.1) is 0 Å². The number of rotatable bonds is 0. The highest BCUT2D eigenvalue weighted by Gasteiger charge is 2.12. The second-order valence-corrected chi connectivity index (χ2v) is 3.00. The quantitative estimate of drug-likeness (QED) is 0.598. The third-order valence-electron chi connectivity index (χ3n) is 2.28. The number of nitrogens with zero attached hydrogens (tertiary/aromatic N) is 1. The van der Waals surface area contributed by atoms with E-state index in [9.17, 15) is 0 Å². The maximum Gasteiger partial charge on any atom is 0.107 e. The number of aromatic amines is 1. The van der Waals surface area contributed by atoms with Gasteiger partial charge >= 0.3 is 0 Å². The van der Waals surface area contributed by atoms with Crippen LogP contribution in [0.1, 0.15) is 11.4 Å². The summed E-state index contributed by atoms with van der Waals surface area (Å²) in [6, 6.07) is 6.33. The van der Waals surface area contributed by atoms with Crippen LogP contribution in [0, 0.1) is 0 Å². The normalized spacial score (nSPS) is 14.5. The zero-order valence-corrected chi connectivity index (χ0v) is 6.09. The van der Waals surface area contributed by atoms with Crippen LogP contribution in [0.4, 0.5) is 0 Å². The van der Waals surface area contributed by atoms with Gasteiger partial charge in [-0.25, -0.2) is 4.98 Å². The van der Waals surface area contributed by atoms with E-state index in [1.165, 1.54) is 16.6 Å². The van der Waals surface area contributed by atoms with Crippen LogP contribution in [0.25, 0.3) is 11.0 Å². The van der Waals surface area contributed by atoms with Crippen molar-refractivity contribution in [2.75, 3.05) is 0 Å². The van der Waals surface area contributed by atoms with Gasteiger partial charge in [0.15, 0.2) is 0 Å². The monoisotopic (exact) mass is 144 g/mol. The largest absolute Gasteiger partial charge is 0.342 e. The fourth-order valence-electron chi connectivity index (χ4n) is 1.72. The van der Waals surface area contributed by atoms with E-state index in [-0.39, 0.29) is 0 Å². The van der Waals surface area contributed by atoms with E-state index in [4.69, 9.17) is 0 Å². The number of aromatic nitrogens is 2. The molecule has 54 valence electrons. The first-order chi connectivity index (χ1) is 5.43. The Kier molecular flexibility index (Phi) is 0.799. The third-order valence-corrected chi connectivity index (χ3v) is 2.28. The van der Waals surface area contributed by atoms with Crippen molar-refractivity contribution in [3.63, 3.8) is 0 Å². The number of nitrogens with one attached hydrogen (secondary N) is 1. The molecule has 2 heteroatoms. The molecule has 0 fully saturated rings. The minimum absolute atomic E-state index is 1.07. The number of benzene rings is 1. The van der Waals surface area contributed by atoms with Crippen LogP contribution in [0.2, 0.25) is 0 Å². The number of imidazole rings is 1. The van der Waals surface area contributed by atoms with E-state index < -0.39 is 0 Å². The molecule has 1 aromatic carbocycles. The molecular formula is C9H8N2. The number of para-hydroxylation sites is 1. The van der Waals surface area contributed by atoms with Gasteiger partial charge in [0, 0.05) is 6.42 Å². The average molecular weight is 144 g/mol. The zero-order chi connectivity index (χ0) is 7.26. The van der Waals surface area contributed by atoms with Gasteiger partial charge < -0.3 is 4.98 Å². The van der Waals surface area contributed by atoms with E-state index >= 15 is 0 Å². The van der Waals surface area contributed by atoms with Crippen LogP contribution in [0.3, 0.4) is 0 Å². The van der Waals surface area contributed by atoms with Gasteiger partial charge in [0.05, 0.1) is 11.0 Å². The lowest BCUT2D eigenvalue weighted by molar-refractivity contribution is 0.875. The summed E-state index contributed by atoms with van der Waals surface area (Å²) in [6.45, 7) is 0. The van der Waals surface area contributed by atoms with Gasteiger partial charge in [0.2, 0.25) is 0 Å². The van der Waals surface area contributed by atoms with Crippen LogP contribution in [-0.2, 0) is 12.8 Å². The Morgan fingerprint density at radius 2 is 2.27 bits per heavy atom. The number of aryl methyl sites for hydroxylation is 2. The first-order valence-corrected chi connectivity index (χ1v) is 3.90. The minimum Gasteiger partial charge on any atom is -0.342 e. The van der Waals surface area contributed by atoms with Crippen molar-refractivity contribution in [1.82, 2.24) is 9.97 Å². The smallest absolute Gasteiger partial charge is 0.107 e. The molecule has 2 bridgehead atoms. The molecular weight excluding hydrogens is 136 g/mol. The van der Waals surface area contributed by atoms with E-state index in [1.54, 1.807) is 0 Å². The van der Waals surface area contributed by atoms with Gasteiger partial charge in [-0.3, -0.25) is 0 Å². The first kappa shape index (κ1) is 5.35. The summed E-state index contributed by atoms with van der Waals surface area (Å²) >= 11 is 0. The van der Waals surface area contributed by atoms with E-state index in [0.29, 0.717) is 0 Å². The standard InChI is InChI=1S/C9H8N2/c1-2-6-4-5-8-10-7(3-1)9(6)11-8/h1-3H,4-5H2,(H,10,11). The first-order valence-electron chi connectivity index (χ1n) is 3.90. The van der Waals surface area contributed by atoms with E-state index in [2.05, 4.69) is 28.2 Å². The highest BCUT2D eigenvalue weighted by molar-refractivity contribution is 5.79. The maximum absolute atomic E-state index is 4.44. The van der Waals surface area contributed by atoms with Gasteiger partial charge in [0.25, 0.3) is 0 Å². The molecule has 2 heterocycles. The number of fused-ring (bicyclic) bond motifs is 1. The topological polar surface area (TPSA) is 28.7 Å². The van der Waals surface area contributed by atoms with Crippen LogP contribution in [-0.4, -0.2) is 9.97 Å². The molecule has 2 nitrogen and oxygen atoms in total. The Balaban J connectivity index is 2.61. The summed E-state index contributed by atoms with van der Waals surface area (Å²) in [5.74, 6) is 1.14. The second kappa shape index (κ2) is 1.64. The molecule has 0 atom stereocenters. The fraction of sp³-hybridized carbons (Fsp3) is 0.222. The Morgan fingerprint density at radius 3 is 3.27 bits per heavy atom. The van der Waals surface area contributed by atoms with Gasteiger partial charge in [-0.05, 0) is 18.1 Å². The molecule has 0 radical (unpaired) electrons. The van der Waals surface area contributed by atoms with Crippen molar-refractivity contribution in [2.24, 2.45) is 0 Å².